The Morgan fingerprint density at radius 1 is 1.38 bits per heavy atom. The van der Waals surface area contributed by atoms with Crippen molar-refractivity contribution >= 4 is 27.5 Å². The second kappa shape index (κ2) is 4.39. The summed E-state index contributed by atoms with van der Waals surface area (Å²) in [5.41, 5.74) is 2.86. The second-order valence-electron chi connectivity index (χ2n) is 5.35. The molecule has 1 fully saturated rings. The van der Waals surface area contributed by atoms with Crippen LogP contribution in [0.2, 0.25) is 0 Å². The van der Waals surface area contributed by atoms with Crippen molar-refractivity contribution in [3.05, 3.63) is 35.0 Å². The van der Waals surface area contributed by atoms with Gasteiger partial charge in [0.2, 0.25) is 0 Å². The highest BCUT2D eigenvalue weighted by atomic mass is 32.1. The van der Waals surface area contributed by atoms with Crippen molar-refractivity contribution in [1.82, 2.24) is 14.8 Å². The summed E-state index contributed by atoms with van der Waals surface area (Å²) in [5.74, 6) is -0.354. The highest BCUT2D eigenvalue weighted by molar-refractivity contribution is 7.18. The van der Waals surface area contributed by atoms with Gasteiger partial charge in [-0.25, -0.2) is 9.78 Å². The van der Waals surface area contributed by atoms with Gasteiger partial charge in [0.25, 0.3) is 0 Å². The number of benzene rings is 1. The topological polar surface area (TPSA) is 68.0 Å². The van der Waals surface area contributed by atoms with Gasteiger partial charge in [0.1, 0.15) is 0 Å². The van der Waals surface area contributed by atoms with Crippen LogP contribution in [0.15, 0.2) is 24.3 Å². The number of thiazole rings is 1. The molecule has 2 heterocycles. The van der Waals surface area contributed by atoms with Crippen LogP contribution in [0.3, 0.4) is 0 Å². The quantitative estimate of drug-likeness (QED) is 0.806. The van der Waals surface area contributed by atoms with E-state index in [1.165, 1.54) is 17.8 Å². The fraction of sp³-hybridized carbons (Fsp3) is 0.267. The third-order valence-corrected chi connectivity index (χ3v) is 4.91. The van der Waals surface area contributed by atoms with E-state index in [1.54, 1.807) is 29.1 Å². The minimum atomic E-state index is -1.01. The molecule has 0 amide bonds. The van der Waals surface area contributed by atoms with E-state index in [0.717, 1.165) is 21.5 Å². The monoisotopic (exact) mass is 299 g/mol. The van der Waals surface area contributed by atoms with Crippen LogP contribution in [0.4, 0.5) is 0 Å². The smallest absolute Gasteiger partial charge is 0.356 e. The number of carbonyl (C=O) groups is 1. The molecule has 2 aromatic heterocycles. The molecule has 1 saturated carbocycles. The molecule has 1 aliphatic rings. The maximum Gasteiger partial charge on any atom is 0.356 e. The molecular formula is C15H13N3O2S. The molecule has 0 radical (unpaired) electrons. The molecule has 106 valence electrons. The van der Waals surface area contributed by atoms with Gasteiger partial charge in [-0.1, -0.05) is 6.07 Å². The van der Waals surface area contributed by atoms with E-state index in [1.807, 2.05) is 12.1 Å². The number of aromatic nitrogens is 3. The van der Waals surface area contributed by atoms with E-state index in [-0.39, 0.29) is 5.69 Å². The Labute approximate surface area is 124 Å². The third kappa shape index (κ3) is 2.12. The van der Waals surface area contributed by atoms with E-state index in [2.05, 4.69) is 16.1 Å². The van der Waals surface area contributed by atoms with E-state index in [0.29, 0.717) is 5.92 Å². The van der Waals surface area contributed by atoms with E-state index in [9.17, 15) is 4.79 Å². The zero-order valence-electron chi connectivity index (χ0n) is 11.4. The fourth-order valence-corrected chi connectivity index (χ4v) is 3.62. The van der Waals surface area contributed by atoms with Crippen LogP contribution < -0.4 is 0 Å². The standard InChI is InChI=1S/C15H13N3O2S/c1-18-12(7-11(17-18)15(19)20)9-4-5-10-13(6-9)21-14(16-10)8-2-3-8/h4-8H,2-3H2,1H3,(H,19,20). The van der Waals surface area contributed by atoms with Gasteiger partial charge in [0.05, 0.1) is 20.9 Å². The van der Waals surface area contributed by atoms with Crippen LogP contribution in [-0.2, 0) is 7.05 Å². The van der Waals surface area contributed by atoms with Gasteiger partial charge in [0.15, 0.2) is 5.69 Å². The van der Waals surface area contributed by atoms with Crippen LogP contribution in [0, 0.1) is 0 Å². The lowest BCUT2D eigenvalue weighted by molar-refractivity contribution is 0.0689. The second-order valence-corrected chi connectivity index (χ2v) is 6.41. The first-order valence-corrected chi connectivity index (χ1v) is 7.61. The van der Waals surface area contributed by atoms with Gasteiger partial charge in [-0.05, 0) is 31.0 Å². The van der Waals surface area contributed by atoms with Crippen molar-refractivity contribution in [1.29, 1.82) is 0 Å². The highest BCUT2D eigenvalue weighted by Crippen LogP contribution is 2.43. The number of aryl methyl sites for hydroxylation is 1. The van der Waals surface area contributed by atoms with Gasteiger partial charge in [-0.3, -0.25) is 4.68 Å². The van der Waals surface area contributed by atoms with Crippen LogP contribution >= 0.6 is 11.3 Å². The number of rotatable bonds is 3. The maximum absolute atomic E-state index is 11.0. The van der Waals surface area contributed by atoms with Crippen molar-refractivity contribution in [3.63, 3.8) is 0 Å². The summed E-state index contributed by atoms with van der Waals surface area (Å²) >= 11 is 1.74. The minimum Gasteiger partial charge on any atom is -0.476 e. The minimum absolute atomic E-state index is 0.0653. The first-order chi connectivity index (χ1) is 10.1. The molecule has 3 aromatic rings. The first-order valence-electron chi connectivity index (χ1n) is 6.80. The zero-order valence-corrected chi connectivity index (χ0v) is 12.2. The Bertz CT molecular complexity index is 861. The summed E-state index contributed by atoms with van der Waals surface area (Å²) < 4.78 is 2.75. The Balaban J connectivity index is 1.80. The predicted octanol–water partition coefficient (Wildman–Crippen LogP) is 3.27. The van der Waals surface area contributed by atoms with Gasteiger partial charge in [-0.15, -0.1) is 11.3 Å². The summed E-state index contributed by atoms with van der Waals surface area (Å²) in [4.78, 5) is 15.7. The molecule has 21 heavy (non-hydrogen) atoms. The first kappa shape index (κ1) is 12.5. The summed E-state index contributed by atoms with van der Waals surface area (Å²) in [6.07, 6.45) is 2.49. The molecular weight excluding hydrogens is 286 g/mol. The van der Waals surface area contributed by atoms with Crippen molar-refractivity contribution in [3.8, 4) is 11.3 Å². The number of nitrogens with zero attached hydrogens (tertiary/aromatic N) is 3. The van der Waals surface area contributed by atoms with Crippen molar-refractivity contribution in [2.24, 2.45) is 7.05 Å². The van der Waals surface area contributed by atoms with Crippen LogP contribution in [0.25, 0.3) is 21.5 Å². The predicted molar refractivity (Wildman–Crippen MR) is 80.8 cm³/mol. The average Bonchev–Trinajstić information content (AvgIpc) is 3.10. The Kier molecular flexibility index (Phi) is 2.62. The third-order valence-electron chi connectivity index (χ3n) is 3.73. The van der Waals surface area contributed by atoms with Crippen molar-refractivity contribution in [2.45, 2.75) is 18.8 Å². The summed E-state index contributed by atoms with van der Waals surface area (Å²) in [5, 5.41) is 14.3. The lowest BCUT2D eigenvalue weighted by atomic mass is 10.1. The molecule has 6 heteroatoms. The van der Waals surface area contributed by atoms with E-state index >= 15 is 0 Å². The van der Waals surface area contributed by atoms with Crippen LogP contribution in [-0.4, -0.2) is 25.8 Å². The van der Waals surface area contributed by atoms with Crippen molar-refractivity contribution < 1.29 is 9.90 Å². The number of fused-ring (bicyclic) bond motifs is 1. The van der Waals surface area contributed by atoms with Crippen LogP contribution in [0.1, 0.15) is 34.3 Å². The van der Waals surface area contributed by atoms with Crippen molar-refractivity contribution in [2.75, 3.05) is 0 Å². The zero-order chi connectivity index (χ0) is 14.6. The molecule has 5 nitrogen and oxygen atoms in total. The number of aromatic carboxylic acids is 1. The largest absolute Gasteiger partial charge is 0.476 e. The summed E-state index contributed by atoms with van der Waals surface area (Å²) in [6.45, 7) is 0. The number of hydrogen-bond acceptors (Lipinski definition) is 4. The highest BCUT2D eigenvalue weighted by Gasteiger charge is 2.27. The Morgan fingerprint density at radius 3 is 2.86 bits per heavy atom. The number of hydrogen-bond donors (Lipinski definition) is 1. The SMILES string of the molecule is Cn1nc(C(=O)O)cc1-c1ccc2nc(C3CC3)sc2c1. The normalized spacial score (nSPS) is 14.7. The van der Waals surface area contributed by atoms with Gasteiger partial charge in [0, 0.05) is 18.5 Å². The Hall–Kier alpha value is -2.21. The maximum atomic E-state index is 11.0. The molecule has 1 aromatic carbocycles. The lowest BCUT2D eigenvalue weighted by Gasteiger charge is -2.01. The molecule has 0 spiro atoms. The van der Waals surface area contributed by atoms with Crippen LogP contribution in [0.5, 0.6) is 0 Å². The lowest BCUT2D eigenvalue weighted by Crippen LogP contribution is -1.99. The summed E-state index contributed by atoms with van der Waals surface area (Å²) in [6, 6.07) is 7.65. The van der Waals surface area contributed by atoms with E-state index in [4.69, 9.17) is 5.11 Å². The fourth-order valence-electron chi connectivity index (χ4n) is 2.45. The number of carboxylic acids is 1. The average molecular weight is 299 g/mol. The molecule has 0 aliphatic heterocycles. The molecule has 0 atom stereocenters. The van der Waals surface area contributed by atoms with E-state index < -0.39 is 5.97 Å². The summed E-state index contributed by atoms with van der Waals surface area (Å²) in [7, 11) is 1.76. The van der Waals surface area contributed by atoms with Gasteiger partial charge < -0.3 is 5.11 Å². The molecule has 0 bridgehead atoms. The molecule has 1 N–H and O–H groups in total. The van der Waals surface area contributed by atoms with Gasteiger partial charge >= 0.3 is 5.97 Å². The molecule has 0 unspecified atom stereocenters. The Morgan fingerprint density at radius 2 is 2.19 bits per heavy atom. The van der Waals surface area contributed by atoms with Gasteiger partial charge in [-0.2, -0.15) is 5.10 Å². The number of carboxylic acid groups (broad SMARTS) is 1. The molecule has 4 rings (SSSR count). The molecule has 0 saturated heterocycles. The molecule has 1 aliphatic carbocycles.